The van der Waals surface area contributed by atoms with Crippen LogP contribution in [0.2, 0.25) is 0 Å². The van der Waals surface area contributed by atoms with Crippen molar-refractivity contribution in [3.63, 3.8) is 0 Å². The van der Waals surface area contributed by atoms with Gasteiger partial charge in [0, 0.05) is 6.42 Å². The Bertz CT molecular complexity index is 888. The fraction of sp³-hybridized carbons (Fsp3) is 0.816. The second kappa shape index (κ2) is 26.3. The van der Waals surface area contributed by atoms with Gasteiger partial charge in [0.25, 0.3) is 0 Å². The molecule has 0 bridgehead atoms. The summed E-state index contributed by atoms with van der Waals surface area (Å²) in [6.07, 6.45) is 15.1. The molecule has 1 aromatic carbocycles. The van der Waals surface area contributed by atoms with Crippen molar-refractivity contribution in [1.82, 2.24) is 5.32 Å². The highest BCUT2D eigenvalue weighted by molar-refractivity contribution is 5.76. The zero-order valence-corrected chi connectivity index (χ0v) is 29.2. The number of hydrogen-bond donors (Lipinski definition) is 6. The van der Waals surface area contributed by atoms with Gasteiger partial charge >= 0.3 is 0 Å². The first-order chi connectivity index (χ1) is 22.9. The molecule has 272 valence electrons. The van der Waals surface area contributed by atoms with E-state index in [0.29, 0.717) is 12.8 Å². The van der Waals surface area contributed by atoms with Gasteiger partial charge in [-0.15, -0.1) is 0 Å². The van der Waals surface area contributed by atoms with E-state index in [-0.39, 0.29) is 12.5 Å². The number of hydrogen-bond acceptors (Lipinski definition) is 8. The SMILES string of the molecule is CCCCCCCCCCCCCCC[C@@H](O)[C@H](CO[C@H]1OC(CO)[C@H](O)C(O)C1O)NC(=O)CCCCCCCc1ccccc1. The van der Waals surface area contributed by atoms with E-state index < -0.39 is 49.5 Å². The van der Waals surface area contributed by atoms with Crippen LogP contribution in [0.1, 0.15) is 141 Å². The number of amides is 1. The monoisotopic (exact) mass is 665 g/mol. The van der Waals surface area contributed by atoms with Crippen LogP contribution < -0.4 is 5.32 Å². The number of aryl methyl sites for hydroxylation is 1. The number of rotatable bonds is 28. The van der Waals surface area contributed by atoms with E-state index in [0.717, 1.165) is 57.8 Å². The second-order valence-corrected chi connectivity index (χ2v) is 13.6. The fourth-order valence-electron chi connectivity index (χ4n) is 6.29. The number of ether oxygens (including phenoxy) is 2. The quantitative estimate of drug-likeness (QED) is 0.0624. The van der Waals surface area contributed by atoms with Crippen molar-refractivity contribution in [2.75, 3.05) is 13.2 Å². The molecule has 0 aromatic heterocycles. The average molecular weight is 666 g/mol. The summed E-state index contributed by atoms with van der Waals surface area (Å²) in [4.78, 5) is 12.9. The maximum absolute atomic E-state index is 12.9. The molecule has 0 radical (unpaired) electrons. The van der Waals surface area contributed by atoms with Crippen molar-refractivity contribution in [3.8, 4) is 0 Å². The topological polar surface area (TPSA) is 149 Å². The van der Waals surface area contributed by atoms with Gasteiger partial charge in [-0.25, -0.2) is 0 Å². The molecule has 3 unspecified atom stereocenters. The predicted molar refractivity (Wildman–Crippen MR) is 186 cm³/mol. The summed E-state index contributed by atoms with van der Waals surface area (Å²) in [6, 6.07) is 9.72. The smallest absolute Gasteiger partial charge is 0.220 e. The van der Waals surface area contributed by atoms with Crippen LogP contribution in [-0.4, -0.2) is 87.5 Å². The van der Waals surface area contributed by atoms with E-state index in [1.165, 1.54) is 69.8 Å². The van der Waals surface area contributed by atoms with E-state index in [2.05, 4.69) is 36.5 Å². The Morgan fingerprint density at radius 2 is 1.32 bits per heavy atom. The summed E-state index contributed by atoms with van der Waals surface area (Å²) in [7, 11) is 0. The van der Waals surface area contributed by atoms with Crippen LogP contribution in [0.4, 0.5) is 0 Å². The molecule has 9 heteroatoms. The number of nitrogens with one attached hydrogen (secondary N) is 1. The Kier molecular flexibility index (Phi) is 23.3. The summed E-state index contributed by atoms with van der Waals surface area (Å²) in [5.74, 6) is -0.166. The normalized spacial score (nSPS) is 22.6. The molecule has 2 rings (SSSR count). The predicted octanol–water partition coefficient (Wildman–Crippen LogP) is 5.71. The molecule has 0 spiro atoms. The molecule has 6 N–H and O–H groups in total. The first-order valence-electron chi connectivity index (χ1n) is 18.8. The Morgan fingerprint density at radius 1 is 0.766 bits per heavy atom. The zero-order valence-electron chi connectivity index (χ0n) is 29.2. The van der Waals surface area contributed by atoms with Crippen molar-refractivity contribution in [1.29, 1.82) is 0 Å². The van der Waals surface area contributed by atoms with Gasteiger partial charge in [-0.05, 0) is 31.2 Å². The molecule has 0 aliphatic carbocycles. The third-order valence-electron chi connectivity index (χ3n) is 9.41. The molecule has 9 nitrogen and oxygen atoms in total. The van der Waals surface area contributed by atoms with Crippen molar-refractivity contribution in [2.24, 2.45) is 0 Å². The molecular weight excluding hydrogens is 598 g/mol. The first kappa shape index (κ1) is 41.6. The Balaban J connectivity index is 1.71. The van der Waals surface area contributed by atoms with Gasteiger partial charge in [-0.3, -0.25) is 4.79 Å². The molecule has 1 heterocycles. The van der Waals surface area contributed by atoms with Crippen LogP contribution in [0, 0.1) is 0 Å². The molecule has 1 aromatic rings. The second-order valence-electron chi connectivity index (χ2n) is 13.6. The minimum absolute atomic E-state index is 0.145. The Hall–Kier alpha value is -1.59. The van der Waals surface area contributed by atoms with E-state index in [1.54, 1.807) is 0 Å². The van der Waals surface area contributed by atoms with E-state index >= 15 is 0 Å². The summed E-state index contributed by atoms with van der Waals surface area (Å²) in [5, 5.41) is 54.0. The van der Waals surface area contributed by atoms with Crippen LogP contribution in [0.25, 0.3) is 0 Å². The lowest BCUT2D eigenvalue weighted by Gasteiger charge is -2.40. The minimum Gasteiger partial charge on any atom is -0.394 e. The number of carbonyl (C=O) groups is 1. The van der Waals surface area contributed by atoms with Gasteiger partial charge in [0.15, 0.2) is 6.29 Å². The standard InChI is InChI=1S/C38H67NO8/c1-2-3-4-5-6-7-8-9-10-11-12-15-21-26-32(41)31(29-46-38-37(45)36(44)35(43)33(28-40)47-38)39-34(42)27-22-16-13-14-18-23-30-24-19-17-20-25-30/h17,19-20,24-25,31-33,35-38,40-41,43-45H,2-16,18,21-23,26-29H2,1H3,(H,39,42)/t31-,32+,33?,35-,36?,37?,38-/m0/s1. The van der Waals surface area contributed by atoms with Crippen molar-refractivity contribution in [2.45, 2.75) is 185 Å². The third kappa shape index (κ3) is 18.1. The van der Waals surface area contributed by atoms with Crippen LogP contribution >= 0.6 is 0 Å². The van der Waals surface area contributed by atoms with Crippen LogP contribution in [-0.2, 0) is 20.7 Å². The highest BCUT2D eigenvalue weighted by Gasteiger charge is 2.44. The number of aliphatic hydroxyl groups excluding tert-OH is 5. The average Bonchev–Trinajstić information content (AvgIpc) is 3.08. The van der Waals surface area contributed by atoms with E-state index in [4.69, 9.17) is 9.47 Å². The largest absolute Gasteiger partial charge is 0.394 e. The lowest BCUT2D eigenvalue weighted by Crippen LogP contribution is -2.60. The maximum atomic E-state index is 12.9. The summed E-state index contributed by atoms with van der Waals surface area (Å²) in [6.45, 7) is 1.55. The van der Waals surface area contributed by atoms with Crippen molar-refractivity contribution >= 4 is 5.91 Å². The summed E-state index contributed by atoms with van der Waals surface area (Å²) < 4.78 is 11.2. The highest BCUT2D eigenvalue weighted by Crippen LogP contribution is 2.23. The maximum Gasteiger partial charge on any atom is 0.220 e. The van der Waals surface area contributed by atoms with Gasteiger partial charge in [0.2, 0.25) is 5.91 Å². The first-order valence-corrected chi connectivity index (χ1v) is 18.8. The molecule has 1 amide bonds. The van der Waals surface area contributed by atoms with E-state index in [9.17, 15) is 30.3 Å². The molecule has 7 atom stereocenters. The Labute approximate surface area is 284 Å². The molecule has 1 saturated heterocycles. The molecule has 1 aliphatic heterocycles. The number of aliphatic hydroxyl groups is 5. The third-order valence-corrected chi connectivity index (χ3v) is 9.41. The summed E-state index contributed by atoms with van der Waals surface area (Å²) in [5.41, 5.74) is 1.35. The van der Waals surface area contributed by atoms with Crippen molar-refractivity contribution < 1.29 is 39.8 Å². The Morgan fingerprint density at radius 3 is 1.91 bits per heavy atom. The lowest BCUT2D eigenvalue weighted by molar-refractivity contribution is -0.302. The van der Waals surface area contributed by atoms with Crippen LogP contribution in [0.5, 0.6) is 0 Å². The highest BCUT2D eigenvalue weighted by atomic mass is 16.7. The van der Waals surface area contributed by atoms with Gasteiger partial charge in [0.1, 0.15) is 24.4 Å². The minimum atomic E-state index is -1.55. The van der Waals surface area contributed by atoms with Crippen LogP contribution in [0.15, 0.2) is 30.3 Å². The van der Waals surface area contributed by atoms with Gasteiger partial charge < -0.3 is 40.3 Å². The van der Waals surface area contributed by atoms with E-state index in [1.807, 2.05) is 6.07 Å². The lowest BCUT2D eigenvalue weighted by atomic mass is 9.99. The number of unbranched alkanes of at least 4 members (excludes halogenated alkanes) is 16. The van der Waals surface area contributed by atoms with Gasteiger partial charge in [-0.2, -0.15) is 0 Å². The fourth-order valence-corrected chi connectivity index (χ4v) is 6.29. The van der Waals surface area contributed by atoms with Crippen molar-refractivity contribution in [3.05, 3.63) is 35.9 Å². The molecule has 47 heavy (non-hydrogen) atoms. The summed E-state index contributed by atoms with van der Waals surface area (Å²) >= 11 is 0. The molecule has 0 saturated carbocycles. The van der Waals surface area contributed by atoms with Gasteiger partial charge in [0.05, 0.1) is 25.4 Å². The number of benzene rings is 1. The van der Waals surface area contributed by atoms with Gasteiger partial charge in [-0.1, -0.05) is 140 Å². The molecular formula is C38H67NO8. The molecule has 1 fully saturated rings. The van der Waals surface area contributed by atoms with Crippen LogP contribution in [0.3, 0.4) is 0 Å². The zero-order chi connectivity index (χ0) is 34.1. The molecule has 1 aliphatic rings. The number of carbonyl (C=O) groups excluding carboxylic acids is 1.